The largest absolute Gasteiger partial charge is 0.497 e. The number of amides is 1. The van der Waals surface area contributed by atoms with E-state index in [0.717, 1.165) is 11.1 Å². The lowest BCUT2D eigenvalue weighted by molar-refractivity contribution is -0.116. The Morgan fingerprint density at radius 1 is 0.943 bits per heavy atom. The number of halogens is 1. The Bertz CT molecular complexity index is 1300. The lowest BCUT2D eigenvalue weighted by Crippen LogP contribution is -2.28. The summed E-state index contributed by atoms with van der Waals surface area (Å²) >= 11 is 0. The molecule has 0 saturated heterocycles. The number of hydrogen-bond acceptors (Lipinski definition) is 5. The molecular formula is C28H25FN2O4. The molecule has 0 radical (unpaired) electrons. The standard InChI is InChI=1S/C28H25FN2O4/c1-20(32)31(25-12-8-16-30-28(25)35-27-13-7-6-11-24(27)29)18-22-17-23(33-2)14-15-26(22)34-19-21-9-4-3-5-10-21/h3-17H,18-19H2,1-2H3. The van der Waals surface area contributed by atoms with Crippen molar-refractivity contribution in [3.05, 3.63) is 108 Å². The molecule has 0 aliphatic heterocycles. The van der Waals surface area contributed by atoms with Crippen LogP contribution in [0, 0.1) is 5.82 Å². The normalized spacial score (nSPS) is 10.5. The maximum Gasteiger partial charge on any atom is 0.243 e. The summed E-state index contributed by atoms with van der Waals surface area (Å²) in [6, 6.07) is 24.7. The first-order valence-electron chi connectivity index (χ1n) is 11.0. The van der Waals surface area contributed by atoms with E-state index in [9.17, 15) is 9.18 Å². The van der Waals surface area contributed by atoms with E-state index in [-0.39, 0.29) is 24.1 Å². The van der Waals surface area contributed by atoms with Crippen molar-refractivity contribution in [2.75, 3.05) is 12.0 Å². The molecule has 0 aliphatic carbocycles. The van der Waals surface area contributed by atoms with Crippen molar-refractivity contribution in [3.8, 4) is 23.1 Å². The highest BCUT2D eigenvalue weighted by molar-refractivity contribution is 5.92. The van der Waals surface area contributed by atoms with Crippen molar-refractivity contribution < 1.29 is 23.4 Å². The molecule has 0 saturated carbocycles. The fourth-order valence-electron chi connectivity index (χ4n) is 3.52. The Morgan fingerprint density at radius 2 is 1.71 bits per heavy atom. The highest BCUT2D eigenvalue weighted by Gasteiger charge is 2.21. The molecular weight excluding hydrogens is 447 g/mol. The highest BCUT2D eigenvalue weighted by atomic mass is 19.1. The van der Waals surface area contributed by atoms with Crippen LogP contribution in [0.25, 0.3) is 0 Å². The number of aromatic nitrogens is 1. The van der Waals surface area contributed by atoms with Gasteiger partial charge < -0.3 is 19.1 Å². The molecule has 0 unspecified atom stereocenters. The summed E-state index contributed by atoms with van der Waals surface area (Å²) in [7, 11) is 1.58. The average Bonchev–Trinajstić information content (AvgIpc) is 2.88. The molecule has 0 atom stereocenters. The zero-order valence-electron chi connectivity index (χ0n) is 19.5. The zero-order valence-corrected chi connectivity index (χ0v) is 19.5. The number of pyridine rings is 1. The second kappa shape index (κ2) is 11.2. The van der Waals surface area contributed by atoms with E-state index in [4.69, 9.17) is 14.2 Å². The summed E-state index contributed by atoms with van der Waals surface area (Å²) in [5.41, 5.74) is 2.15. The number of ether oxygens (including phenoxy) is 3. The van der Waals surface area contributed by atoms with Crippen molar-refractivity contribution in [2.45, 2.75) is 20.1 Å². The first-order valence-corrected chi connectivity index (χ1v) is 11.0. The van der Waals surface area contributed by atoms with Crippen LogP contribution < -0.4 is 19.1 Å². The minimum atomic E-state index is -0.525. The second-order valence-corrected chi connectivity index (χ2v) is 7.71. The van der Waals surface area contributed by atoms with Crippen molar-refractivity contribution in [1.82, 2.24) is 4.98 Å². The quantitative estimate of drug-likeness (QED) is 0.292. The molecule has 0 fully saturated rings. The molecule has 0 N–H and O–H groups in total. The molecule has 6 nitrogen and oxygen atoms in total. The summed E-state index contributed by atoms with van der Waals surface area (Å²) < 4.78 is 31.5. The Kier molecular flexibility index (Phi) is 7.57. The predicted molar refractivity (Wildman–Crippen MR) is 131 cm³/mol. The third-order valence-electron chi connectivity index (χ3n) is 5.30. The van der Waals surface area contributed by atoms with Gasteiger partial charge in [-0.2, -0.15) is 0 Å². The lowest BCUT2D eigenvalue weighted by Gasteiger charge is -2.24. The highest BCUT2D eigenvalue weighted by Crippen LogP contribution is 2.34. The molecule has 7 heteroatoms. The number of benzene rings is 3. The fourth-order valence-corrected chi connectivity index (χ4v) is 3.52. The maximum atomic E-state index is 14.2. The van der Waals surface area contributed by atoms with E-state index >= 15 is 0 Å². The predicted octanol–water partition coefficient (Wildman–Crippen LogP) is 6.15. The summed E-state index contributed by atoms with van der Waals surface area (Å²) in [4.78, 5) is 18.5. The Morgan fingerprint density at radius 3 is 2.46 bits per heavy atom. The Hall–Kier alpha value is -4.39. The van der Waals surface area contributed by atoms with Gasteiger partial charge in [0.15, 0.2) is 11.6 Å². The maximum absolute atomic E-state index is 14.2. The molecule has 0 aliphatic rings. The van der Waals surface area contributed by atoms with Crippen LogP contribution in [0.1, 0.15) is 18.1 Å². The number of para-hydroxylation sites is 1. The van der Waals surface area contributed by atoms with E-state index in [1.165, 1.54) is 30.2 Å². The number of carbonyl (C=O) groups is 1. The van der Waals surface area contributed by atoms with Crippen LogP contribution in [0.3, 0.4) is 0 Å². The molecule has 0 bridgehead atoms. The van der Waals surface area contributed by atoms with E-state index in [2.05, 4.69) is 4.98 Å². The zero-order chi connectivity index (χ0) is 24.6. The smallest absolute Gasteiger partial charge is 0.243 e. The molecule has 3 aromatic carbocycles. The summed E-state index contributed by atoms with van der Waals surface area (Å²) in [6.45, 7) is 1.98. The van der Waals surface area contributed by atoms with Crippen LogP contribution in [-0.4, -0.2) is 18.0 Å². The van der Waals surface area contributed by atoms with E-state index < -0.39 is 5.82 Å². The average molecular weight is 473 g/mol. The van der Waals surface area contributed by atoms with Gasteiger partial charge in [-0.15, -0.1) is 0 Å². The SMILES string of the molecule is COc1ccc(OCc2ccccc2)c(CN(C(C)=O)c2cccnc2Oc2ccccc2F)c1. The van der Waals surface area contributed by atoms with Crippen LogP contribution in [-0.2, 0) is 17.9 Å². The van der Waals surface area contributed by atoms with Gasteiger partial charge in [0.2, 0.25) is 11.8 Å². The van der Waals surface area contributed by atoms with Gasteiger partial charge in [-0.3, -0.25) is 4.79 Å². The first kappa shape index (κ1) is 23.8. The van der Waals surface area contributed by atoms with Gasteiger partial charge in [-0.1, -0.05) is 42.5 Å². The number of methoxy groups -OCH3 is 1. The first-order chi connectivity index (χ1) is 17.0. The third-order valence-corrected chi connectivity index (χ3v) is 5.30. The molecule has 35 heavy (non-hydrogen) atoms. The Labute approximate surface area is 203 Å². The minimum absolute atomic E-state index is 0.0178. The van der Waals surface area contributed by atoms with Crippen LogP contribution in [0.15, 0.2) is 91.1 Å². The van der Waals surface area contributed by atoms with E-state index in [0.29, 0.717) is 23.8 Å². The summed E-state index contributed by atoms with van der Waals surface area (Å²) in [5.74, 6) is 0.605. The van der Waals surface area contributed by atoms with Gasteiger partial charge in [0, 0.05) is 18.7 Å². The number of carbonyl (C=O) groups excluding carboxylic acids is 1. The van der Waals surface area contributed by atoms with Crippen molar-refractivity contribution >= 4 is 11.6 Å². The van der Waals surface area contributed by atoms with Gasteiger partial charge in [-0.25, -0.2) is 9.37 Å². The number of rotatable bonds is 9. The third kappa shape index (κ3) is 5.95. The number of hydrogen-bond donors (Lipinski definition) is 0. The molecule has 1 heterocycles. The molecule has 1 amide bonds. The van der Waals surface area contributed by atoms with Crippen molar-refractivity contribution in [2.24, 2.45) is 0 Å². The monoisotopic (exact) mass is 472 g/mol. The summed E-state index contributed by atoms with van der Waals surface area (Å²) in [5, 5.41) is 0. The topological polar surface area (TPSA) is 60.9 Å². The Balaban J connectivity index is 1.65. The van der Waals surface area contributed by atoms with Crippen molar-refractivity contribution in [3.63, 3.8) is 0 Å². The van der Waals surface area contributed by atoms with Gasteiger partial charge in [0.05, 0.1) is 13.7 Å². The molecule has 0 spiro atoms. The molecule has 1 aromatic heterocycles. The minimum Gasteiger partial charge on any atom is -0.497 e. The van der Waals surface area contributed by atoms with Crippen LogP contribution in [0.2, 0.25) is 0 Å². The fraction of sp³-hybridized carbons (Fsp3) is 0.143. The molecule has 4 aromatic rings. The van der Waals surface area contributed by atoms with Crippen LogP contribution >= 0.6 is 0 Å². The van der Waals surface area contributed by atoms with Gasteiger partial charge in [0.1, 0.15) is 23.8 Å². The van der Waals surface area contributed by atoms with Crippen molar-refractivity contribution in [1.29, 1.82) is 0 Å². The summed E-state index contributed by atoms with van der Waals surface area (Å²) in [6.07, 6.45) is 1.53. The van der Waals surface area contributed by atoms with Gasteiger partial charge >= 0.3 is 0 Å². The van der Waals surface area contributed by atoms with E-state index in [1.807, 2.05) is 42.5 Å². The molecule has 4 rings (SSSR count). The van der Waals surface area contributed by atoms with Crippen LogP contribution in [0.4, 0.5) is 10.1 Å². The number of anilines is 1. The lowest BCUT2D eigenvalue weighted by atomic mass is 10.1. The van der Waals surface area contributed by atoms with E-state index in [1.54, 1.807) is 37.4 Å². The number of nitrogens with zero attached hydrogens (tertiary/aromatic N) is 2. The van der Waals surface area contributed by atoms with Gasteiger partial charge in [-0.05, 0) is 48.0 Å². The molecule has 178 valence electrons. The van der Waals surface area contributed by atoms with Gasteiger partial charge in [0.25, 0.3) is 0 Å². The second-order valence-electron chi connectivity index (χ2n) is 7.71. The van der Waals surface area contributed by atoms with Crippen LogP contribution in [0.5, 0.6) is 23.1 Å².